The summed E-state index contributed by atoms with van der Waals surface area (Å²) < 4.78 is 0. The molecule has 5 aromatic rings. The van der Waals surface area contributed by atoms with Crippen molar-refractivity contribution in [2.24, 2.45) is 0 Å². The summed E-state index contributed by atoms with van der Waals surface area (Å²) >= 11 is 0. The monoisotopic (exact) mass is 425 g/mol. The Hall–Kier alpha value is -3.83. The summed E-state index contributed by atoms with van der Waals surface area (Å²) in [6, 6.07) is 26.9. The zero-order valence-electron chi connectivity index (χ0n) is 16.9. The van der Waals surface area contributed by atoms with Crippen LogP contribution < -0.4 is 0 Å². The van der Waals surface area contributed by atoms with Crippen molar-refractivity contribution in [1.82, 2.24) is 25.6 Å². The largest absolute Gasteiger partial charge is 0.253 e. The average Bonchev–Trinajstić information content (AvgIpc) is 3.33. The Kier molecular flexibility index (Phi) is 5.87. The van der Waals surface area contributed by atoms with E-state index in [9.17, 15) is 0 Å². The minimum absolute atomic E-state index is 0. The molecule has 0 radical (unpaired) electrons. The van der Waals surface area contributed by atoms with Crippen LogP contribution >= 0.6 is 12.4 Å². The summed E-state index contributed by atoms with van der Waals surface area (Å²) in [6.07, 6.45) is 4.29. The molecule has 2 aromatic heterocycles. The number of tetrazole rings is 1. The predicted molar refractivity (Wildman–Crippen MR) is 128 cm³/mol. The van der Waals surface area contributed by atoms with Crippen molar-refractivity contribution < 1.29 is 0 Å². The van der Waals surface area contributed by atoms with E-state index in [1.165, 1.54) is 5.56 Å². The third-order valence-electron chi connectivity index (χ3n) is 5.07. The molecule has 152 valence electrons. The highest BCUT2D eigenvalue weighted by Gasteiger charge is 2.10. The molecule has 0 fully saturated rings. The maximum Gasteiger partial charge on any atom is 0.205 e. The minimum atomic E-state index is 0. The highest BCUT2D eigenvalue weighted by molar-refractivity contribution is 5.91. The number of aromatic amines is 1. The first-order chi connectivity index (χ1) is 14.8. The van der Waals surface area contributed by atoms with Crippen LogP contribution in [0.1, 0.15) is 16.8 Å². The average molecular weight is 426 g/mol. The molecule has 1 N–H and O–H groups in total. The lowest BCUT2D eigenvalue weighted by Gasteiger charge is -2.07. The van der Waals surface area contributed by atoms with Crippen molar-refractivity contribution in [3.05, 3.63) is 95.7 Å². The van der Waals surface area contributed by atoms with Gasteiger partial charge in [0.25, 0.3) is 0 Å². The molecule has 2 heterocycles. The molecule has 0 saturated heterocycles. The summed E-state index contributed by atoms with van der Waals surface area (Å²) in [5, 5.41) is 15.6. The number of para-hydroxylation sites is 1. The van der Waals surface area contributed by atoms with Crippen LogP contribution in [0, 0.1) is 6.92 Å². The number of hydrogen-bond donors (Lipinski definition) is 1. The number of nitrogens with one attached hydrogen (secondary N) is 1. The first-order valence-corrected chi connectivity index (χ1v) is 9.76. The summed E-state index contributed by atoms with van der Waals surface area (Å²) in [4.78, 5) is 4.62. The maximum absolute atomic E-state index is 4.62. The van der Waals surface area contributed by atoms with Crippen LogP contribution in [0.15, 0.2) is 78.9 Å². The highest BCUT2D eigenvalue weighted by Crippen LogP contribution is 2.30. The van der Waals surface area contributed by atoms with Gasteiger partial charge in [0.2, 0.25) is 5.82 Å². The van der Waals surface area contributed by atoms with Crippen molar-refractivity contribution in [1.29, 1.82) is 0 Å². The van der Waals surface area contributed by atoms with Crippen molar-refractivity contribution in [3.63, 3.8) is 0 Å². The van der Waals surface area contributed by atoms with Crippen LogP contribution in [0.25, 0.3) is 45.6 Å². The Morgan fingerprint density at radius 2 is 1.55 bits per heavy atom. The number of benzene rings is 3. The van der Waals surface area contributed by atoms with E-state index in [0.717, 1.165) is 38.9 Å². The Labute approximate surface area is 186 Å². The Balaban J connectivity index is 0.00000231. The standard InChI is InChI=1S/C25H19N5.ClH/c1-17-16-20(22-7-4-5-9-24(22)26-17)15-12-18-10-13-19(14-11-18)21-6-2-3-8-23(21)25-27-29-30-28-25;/h2-16H,1H3,(H,27,28,29,30);1H/b15-12+;. The number of H-pyrrole nitrogens is 1. The molecule has 31 heavy (non-hydrogen) atoms. The van der Waals surface area contributed by atoms with E-state index in [-0.39, 0.29) is 12.4 Å². The highest BCUT2D eigenvalue weighted by atomic mass is 35.5. The molecule has 0 aliphatic heterocycles. The van der Waals surface area contributed by atoms with Crippen LogP contribution in [0.4, 0.5) is 0 Å². The molecule has 5 rings (SSSR count). The van der Waals surface area contributed by atoms with Crippen LogP contribution in [-0.2, 0) is 0 Å². The van der Waals surface area contributed by atoms with E-state index < -0.39 is 0 Å². The number of aryl methyl sites for hydroxylation is 1. The topological polar surface area (TPSA) is 67.3 Å². The predicted octanol–water partition coefficient (Wildman–Crippen LogP) is 5.98. The molecule has 0 saturated carbocycles. The quantitative estimate of drug-likeness (QED) is 0.384. The van der Waals surface area contributed by atoms with Gasteiger partial charge in [0.1, 0.15) is 0 Å². The van der Waals surface area contributed by atoms with E-state index in [4.69, 9.17) is 0 Å². The molecule has 0 unspecified atom stereocenters. The normalized spacial score (nSPS) is 11.0. The van der Waals surface area contributed by atoms with Gasteiger partial charge in [-0.3, -0.25) is 4.98 Å². The Morgan fingerprint density at radius 1 is 0.806 bits per heavy atom. The van der Waals surface area contributed by atoms with E-state index in [0.29, 0.717) is 5.82 Å². The van der Waals surface area contributed by atoms with E-state index in [2.05, 4.69) is 86.3 Å². The Bertz CT molecular complexity index is 1340. The number of halogens is 1. The number of hydrogen-bond acceptors (Lipinski definition) is 4. The molecular weight excluding hydrogens is 406 g/mol. The van der Waals surface area contributed by atoms with Crippen molar-refractivity contribution in [3.8, 4) is 22.5 Å². The fraction of sp³-hybridized carbons (Fsp3) is 0.0400. The summed E-state index contributed by atoms with van der Waals surface area (Å²) in [7, 11) is 0. The second-order valence-corrected chi connectivity index (χ2v) is 7.11. The first kappa shape index (κ1) is 20.4. The van der Waals surface area contributed by atoms with Crippen molar-refractivity contribution >= 4 is 35.5 Å². The SMILES string of the molecule is Cc1cc(/C=C/c2ccc(-c3ccccc3-c3nn[nH]n3)cc2)c2ccccc2n1.Cl. The third-order valence-corrected chi connectivity index (χ3v) is 5.07. The summed E-state index contributed by atoms with van der Waals surface area (Å²) in [5.74, 6) is 0.592. The first-order valence-electron chi connectivity index (χ1n) is 9.76. The second kappa shape index (κ2) is 8.90. The molecule has 0 bridgehead atoms. The third kappa shape index (κ3) is 4.22. The minimum Gasteiger partial charge on any atom is -0.253 e. The zero-order chi connectivity index (χ0) is 20.3. The molecule has 3 aromatic carbocycles. The molecule has 0 aliphatic rings. The van der Waals surface area contributed by atoms with Gasteiger partial charge in [0.15, 0.2) is 0 Å². The van der Waals surface area contributed by atoms with Crippen LogP contribution in [0.3, 0.4) is 0 Å². The van der Waals surface area contributed by atoms with E-state index >= 15 is 0 Å². The number of pyridine rings is 1. The van der Waals surface area contributed by atoms with Gasteiger partial charge >= 0.3 is 0 Å². The number of rotatable bonds is 4. The maximum atomic E-state index is 4.62. The van der Waals surface area contributed by atoms with Crippen LogP contribution in [0.5, 0.6) is 0 Å². The number of aromatic nitrogens is 5. The van der Waals surface area contributed by atoms with E-state index in [1.54, 1.807) is 0 Å². The lowest BCUT2D eigenvalue weighted by molar-refractivity contribution is 0.881. The molecule has 0 atom stereocenters. The van der Waals surface area contributed by atoms with Gasteiger partial charge in [-0.15, -0.1) is 22.6 Å². The molecule has 5 nitrogen and oxygen atoms in total. The van der Waals surface area contributed by atoms with Crippen molar-refractivity contribution in [2.45, 2.75) is 6.92 Å². The van der Waals surface area contributed by atoms with Gasteiger partial charge in [0.05, 0.1) is 5.52 Å². The van der Waals surface area contributed by atoms with Gasteiger partial charge in [-0.25, -0.2) is 0 Å². The van der Waals surface area contributed by atoms with Crippen LogP contribution in [0.2, 0.25) is 0 Å². The smallest absolute Gasteiger partial charge is 0.205 e. The van der Waals surface area contributed by atoms with Crippen molar-refractivity contribution in [2.75, 3.05) is 0 Å². The molecule has 6 heteroatoms. The summed E-state index contributed by atoms with van der Waals surface area (Å²) in [5.41, 5.74) is 7.47. The van der Waals surface area contributed by atoms with Gasteiger partial charge < -0.3 is 0 Å². The van der Waals surface area contributed by atoms with Gasteiger partial charge in [-0.1, -0.05) is 78.9 Å². The van der Waals surface area contributed by atoms with Gasteiger partial charge in [-0.2, -0.15) is 5.21 Å². The fourth-order valence-electron chi connectivity index (χ4n) is 3.64. The fourth-order valence-corrected chi connectivity index (χ4v) is 3.64. The number of fused-ring (bicyclic) bond motifs is 1. The molecular formula is C25H20ClN5. The van der Waals surface area contributed by atoms with Gasteiger partial charge in [-0.05, 0) is 46.5 Å². The van der Waals surface area contributed by atoms with Gasteiger partial charge in [0, 0.05) is 16.6 Å². The Morgan fingerprint density at radius 3 is 2.32 bits per heavy atom. The molecule has 0 spiro atoms. The zero-order valence-corrected chi connectivity index (χ0v) is 17.7. The number of nitrogens with zero attached hydrogens (tertiary/aromatic N) is 4. The lowest BCUT2D eigenvalue weighted by Crippen LogP contribution is -1.88. The molecule has 0 aliphatic carbocycles. The van der Waals surface area contributed by atoms with Crippen LogP contribution in [-0.4, -0.2) is 25.6 Å². The summed E-state index contributed by atoms with van der Waals surface area (Å²) in [6.45, 7) is 2.03. The van der Waals surface area contributed by atoms with E-state index in [1.807, 2.05) is 37.3 Å². The second-order valence-electron chi connectivity index (χ2n) is 7.11. The lowest BCUT2D eigenvalue weighted by atomic mass is 9.98. The molecule has 0 amide bonds.